The van der Waals surface area contributed by atoms with Gasteiger partial charge < -0.3 is 9.64 Å². The third kappa shape index (κ3) is 2.66. The summed E-state index contributed by atoms with van der Waals surface area (Å²) in [5.41, 5.74) is 2.31. The zero-order valence-corrected chi connectivity index (χ0v) is 13.3. The number of amides is 2. The molecule has 0 spiro atoms. The third-order valence-corrected chi connectivity index (χ3v) is 4.04. The van der Waals surface area contributed by atoms with Crippen LogP contribution in [0, 0.1) is 0 Å². The Morgan fingerprint density at radius 3 is 2.73 bits per heavy atom. The minimum Gasteiger partial charge on any atom is -0.378 e. The van der Waals surface area contributed by atoms with E-state index < -0.39 is 0 Å². The van der Waals surface area contributed by atoms with Crippen LogP contribution in [0.1, 0.15) is 25.3 Å². The lowest BCUT2D eigenvalue weighted by molar-refractivity contribution is 0.0564. The van der Waals surface area contributed by atoms with Crippen LogP contribution in [0.4, 0.5) is 10.6 Å². The molecule has 1 aliphatic rings. The van der Waals surface area contributed by atoms with Crippen LogP contribution in [0.25, 0.3) is 10.9 Å². The number of hydrogen-bond donors (Lipinski definition) is 1. The van der Waals surface area contributed by atoms with Gasteiger partial charge in [0.05, 0.1) is 18.7 Å². The fourth-order valence-electron chi connectivity index (χ4n) is 2.87. The number of para-hydroxylation sites is 1. The summed E-state index contributed by atoms with van der Waals surface area (Å²) in [5, 5.41) is 8.42. The highest BCUT2D eigenvalue weighted by atomic mass is 16.5. The molecule has 6 nitrogen and oxygen atoms in total. The first-order valence-corrected chi connectivity index (χ1v) is 7.67. The maximum atomic E-state index is 12.3. The van der Waals surface area contributed by atoms with Crippen LogP contribution in [-0.2, 0) is 11.8 Å². The van der Waals surface area contributed by atoms with E-state index in [1.165, 1.54) is 5.56 Å². The second-order valence-corrected chi connectivity index (χ2v) is 5.90. The number of nitrogens with zero attached hydrogens (tertiary/aromatic N) is 3. The summed E-state index contributed by atoms with van der Waals surface area (Å²) >= 11 is 0. The minimum atomic E-state index is -0.113. The molecule has 3 rings (SSSR count). The molecule has 0 radical (unpaired) electrons. The Balaban J connectivity index is 1.91. The first-order valence-electron chi connectivity index (χ1n) is 7.67. The number of aryl methyl sites for hydroxylation is 1. The molecule has 1 aromatic heterocycles. The highest BCUT2D eigenvalue weighted by molar-refractivity contribution is 6.00. The zero-order valence-electron chi connectivity index (χ0n) is 13.3. The number of nitrogens with one attached hydrogen (secondary N) is 1. The molecule has 1 aliphatic heterocycles. The van der Waals surface area contributed by atoms with E-state index in [0.29, 0.717) is 38.0 Å². The van der Waals surface area contributed by atoms with E-state index in [9.17, 15) is 4.79 Å². The molecule has 1 N–H and O–H groups in total. The smallest absolute Gasteiger partial charge is 0.323 e. The molecule has 2 aromatic rings. The first-order chi connectivity index (χ1) is 10.6. The summed E-state index contributed by atoms with van der Waals surface area (Å²) in [6.07, 6.45) is 0. The number of morpholine rings is 1. The minimum absolute atomic E-state index is 0.113. The van der Waals surface area contributed by atoms with Gasteiger partial charge in [0.1, 0.15) is 0 Å². The number of ether oxygens (including phenoxy) is 1. The quantitative estimate of drug-likeness (QED) is 0.927. The van der Waals surface area contributed by atoms with Gasteiger partial charge in [0.25, 0.3) is 0 Å². The number of rotatable bonds is 2. The van der Waals surface area contributed by atoms with Crippen LogP contribution in [0.15, 0.2) is 18.2 Å². The van der Waals surface area contributed by atoms with Crippen molar-refractivity contribution in [1.82, 2.24) is 14.7 Å². The average molecular weight is 302 g/mol. The Bertz CT molecular complexity index is 687. The molecule has 2 amide bonds. The van der Waals surface area contributed by atoms with Crippen LogP contribution in [0.3, 0.4) is 0 Å². The van der Waals surface area contributed by atoms with E-state index in [1.54, 1.807) is 4.90 Å². The van der Waals surface area contributed by atoms with Gasteiger partial charge in [0.15, 0.2) is 5.82 Å². The van der Waals surface area contributed by atoms with Crippen molar-refractivity contribution in [1.29, 1.82) is 0 Å². The molecule has 0 aliphatic carbocycles. The SMILES string of the molecule is CC(C)c1cccc2c(NC(=O)N3CCOCC3)nn(C)c12. The van der Waals surface area contributed by atoms with Crippen molar-refractivity contribution >= 4 is 22.8 Å². The second kappa shape index (κ2) is 5.96. The van der Waals surface area contributed by atoms with Gasteiger partial charge in [-0.15, -0.1) is 0 Å². The van der Waals surface area contributed by atoms with E-state index in [0.717, 1.165) is 10.9 Å². The van der Waals surface area contributed by atoms with Crippen LogP contribution < -0.4 is 5.32 Å². The van der Waals surface area contributed by atoms with Gasteiger partial charge >= 0.3 is 6.03 Å². The van der Waals surface area contributed by atoms with Gasteiger partial charge in [0.2, 0.25) is 0 Å². The van der Waals surface area contributed by atoms with Gasteiger partial charge in [-0.05, 0) is 17.5 Å². The molecule has 0 saturated carbocycles. The largest absolute Gasteiger partial charge is 0.378 e. The molecule has 0 atom stereocenters. The first kappa shape index (κ1) is 14.8. The molecule has 22 heavy (non-hydrogen) atoms. The summed E-state index contributed by atoms with van der Waals surface area (Å²) in [4.78, 5) is 14.1. The number of hydrogen-bond acceptors (Lipinski definition) is 3. The maximum absolute atomic E-state index is 12.3. The number of carbonyl (C=O) groups excluding carboxylic acids is 1. The molecule has 2 heterocycles. The number of aromatic nitrogens is 2. The van der Waals surface area contributed by atoms with Gasteiger partial charge in [-0.3, -0.25) is 10.00 Å². The lowest BCUT2D eigenvalue weighted by Crippen LogP contribution is -2.43. The van der Waals surface area contributed by atoms with E-state index in [2.05, 4.69) is 30.3 Å². The predicted molar refractivity (Wildman–Crippen MR) is 86.2 cm³/mol. The zero-order chi connectivity index (χ0) is 15.7. The number of fused-ring (bicyclic) bond motifs is 1. The highest BCUT2D eigenvalue weighted by Gasteiger charge is 2.20. The van der Waals surface area contributed by atoms with Gasteiger partial charge in [0, 0.05) is 25.5 Å². The highest BCUT2D eigenvalue weighted by Crippen LogP contribution is 2.29. The van der Waals surface area contributed by atoms with Gasteiger partial charge in [-0.25, -0.2) is 4.79 Å². The Hall–Kier alpha value is -2.08. The molecule has 118 valence electrons. The number of benzene rings is 1. The van der Waals surface area contributed by atoms with Crippen molar-refractivity contribution in [3.8, 4) is 0 Å². The van der Waals surface area contributed by atoms with E-state index in [1.807, 2.05) is 23.9 Å². The average Bonchev–Trinajstić information content (AvgIpc) is 2.84. The number of carbonyl (C=O) groups is 1. The van der Waals surface area contributed by atoms with Crippen molar-refractivity contribution in [2.45, 2.75) is 19.8 Å². The monoisotopic (exact) mass is 302 g/mol. The van der Waals surface area contributed by atoms with E-state index in [4.69, 9.17) is 4.74 Å². The Kier molecular flexibility index (Phi) is 4.02. The van der Waals surface area contributed by atoms with E-state index >= 15 is 0 Å². The van der Waals surface area contributed by atoms with Crippen molar-refractivity contribution in [2.24, 2.45) is 7.05 Å². The Morgan fingerprint density at radius 1 is 1.32 bits per heavy atom. The van der Waals surface area contributed by atoms with Crippen LogP contribution in [-0.4, -0.2) is 47.0 Å². The molecule has 1 fully saturated rings. The molecule has 1 aromatic carbocycles. The summed E-state index contributed by atoms with van der Waals surface area (Å²) in [6, 6.07) is 6.02. The summed E-state index contributed by atoms with van der Waals surface area (Å²) in [5.74, 6) is 1.03. The van der Waals surface area contributed by atoms with Crippen molar-refractivity contribution in [3.05, 3.63) is 23.8 Å². The van der Waals surface area contributed by atoms with Crippen LogP contribution in [0.2, 0.25) is 0 Å². The lowest BCUT2D eigenvalue weighted by Gasteiger charge is -2.26. The summed E-state index contributed by atoms with van der Waals surface area (Å²) < 4.78 is 7.12. The van der Waals surface area contributed by atoms with Crippen LogP contribution >= 0.6 is 0 Å². The second-order valence-electron chi connectivity index (χ2n) is 5.90. The predicted octanol–water partition coefficient (Wildman–Crippen LogP) is 2.56. The van der Waals surface area contributed by atoms with Crippen LogP contribution in [0.5, 0.6) is 0 Å². The summed E-state index contributed by atoms with van der Waals surface area (Å²) in [6.45, 7) is 6.74. The van der Waals surface area contributed by atoms with Gasteiger partial charge in [-0.2, -0.15) is 5.10 Å². The normalized spacial score (nSPS) is 15.5. The standard InChI is InChI=1S/C16H22N4O2/c1-11(2)12-5-4-6-13-14(12)19(3)18-15(13)17-16(21)20-7-9-22-10-8-20/h4-6,11H,7-10H2,1-3H3,(H,17,18,21). The topological polar surface area (TPSA) is 59.4 Å². The fourth-order valence-corrected chi connectivity index (χ4v) is 2.87. The summed E-state index contributed by atoms with van der Waals surface area (Å²) in [7, 11) is 1.92. The Morgan fingerprint density at radius 2 is 2.05 bits per heavy atom. The lowest BCUT2D eigenvalue weighted by atomic mass is 10.0. The molecule has 0 bridgehead atoms. The molecular formula is C16H22N4O2. The van der Waals surface area contributed by atoms with Crippen molar-refractivity contribution < 1.29 is 9.53 Å². The molecular weight excluding hydrogens is 280 g/mol. The maximum Gasteiger partial charge on any atom is 0.323 e. The van der Waals surface area contributed by atoms with Crippen molar-refractivity contribution in [2.75, 3.05) is 31.6 Å². The Labute approximate surface area is 130 Å². The van der Waals surface area contributed by atoms with Crippen molar-refractivity contribution in [3.63, 3.8) is 0 Å². The molecule has 0 unspecified atom stereocenters. The third-order valence-electron chi connectivity index (χ3n) is 4.04. The molecule has 6 heteroatoms. The fraction of sp³-hybridized carbons (Fsp3) is 0.500. The number of urea groups is 1. The number of anilines is 1. The van der Waals surface area contributed by atoms with Gasteiger partial charge in [-0.1, -0.05) is 26.0 Å². The molecule has 1 saturated heterocycles. The van der Waals surface area contributed by atoms with E-state index in [-0.39, 0.29) is 6.03 Å².